The van der Waals surface area contributed by atoms with Crippen LogP contribution in [0.15, 0.2) is 23.8 Å². The van der Waals surface area contributed by atoms with Crippen LogP contribution in [-0.4, -0.2) is 42.9 Å². The lowest BCUT2D eigenvalue weighted by molar-refractivity contribution is 0.0828. The van der Waals surface area contributed by atoms with Gasteiger partial charge in [0.15, 0.2) is 11.5 Å². The van der Waals surface area contributed by atoms with Gasteiger partial charge in [-0.1, -0.05) is 11.6 Å². The fourth-order valence-electron chi connectivity index (χ4n) is 4.26. The first-order valence-corrected chi connectivity index (χ1v) is 7.58. The highest BCUT2D eigenvalue weighted by molar-refractivity contribution is 5.52. The molecule has 21 heavy (non-hydrogen) atoms. The number of methoxy groups -OCH3 is 2. The monoisotopic (exact) mass is 287 g/mol. The highest BCUT2D eigenvalue weighted by Gasteiger charge is 2.45. The average molecular weight is 287 g/mol. The average Bonchev–Trinajstić information content (AvgIpc) is 2.92. The zero-order chi connectivity index (χ0) is 14.6. The summed E-state index contributed by atoms with van der Waals surface area (Å²) in [5, 5.41) is 10.6. The Morgan fingerprint density at radius 1 is 1.19 bits per heavy atom. The molecule has 2 aliphatic heterocycles. The first-order valence-electron chi connectivity index (χ1n) is 7.58. The van der Waals surface area contributed by atoms with E-state index in [4.69, 9.17) is 9.47 Å². The lowest BCUT2D eigenvalue weighted by Gasteiger charge is -2.43. The van der Waals surface area contributed by atoms with Crippen LogP contribution < -0.4 is 9.47 Å². The summed E-state index contributed by atoms with van der Waals surface area (Å²) in [6, 6.07) is 4.52. The molecule has 2 heterocycles. The van der Waals surface area contributed by atoms with E-state index in [0.29, 0.717) is 6.04 Å². The SMILES string of the molecule is COc1cc2c(cc1OC)[C@@H]1[C@H](O)CC=C3CCN(C2)[C@H]31. The number of hydrogen-bond acceptors (Lipinski definition) is 4. The van der Waals surface area contributed by atoms with Crippen LogP contribution in [0.2, 0.25) is 0 Å². The van der Waals surface area contributed by atoms with Crippen molar-refractivity contribution < 1.29 is 14.6 Å². The Bertz CT molecular complexity index is 610. The maximum absolute atomic E-state index is 10.6. The van der Waals surface area contributed by atoms with Gasteiger partial charge in [0.1, 0.15) is 0 Å². The third kappa shape index (κ3) is 1.82. The Morgan fingerprint density at radius 2 is 1.95 bits per heavy atom. The standard InChI is InChI=1S/C17H21NO3/c1-20-14-7-11-9-18-6-5-10-3-4-13(19)16(17(10)18)12(11)8-15(14)21-2/h3,7-8,13,16-17,19H,4-6,9H2,1-2H3/t13-,16-,17-/m1/s1. The molecule has 1 fully saturated rings. The normalized spacial score (nSPS) is 30.4. The zero-order valence-electron chi connectivity index (χ0n) is 12.5. The van der Waals surface area contributed by atoms with Crippen molar-refractivity contribution >= 4 is 0 Å². The fourth-order valence-corrected chi connectivity index (χ4v) is 4.26. The molecule has 4 heteroatoms. The second kappa shape index (κ2) is 4.75. The van der Waals surface area contributed by atoms with E-state index in [1.165, 1.54) is 16.7 Å². The van der Waals surface area contributed by atoms with Gasteiger partial charge in [0.25, 0.3) is 0 Å². The minimum Gasteiger partial charge on any atom is -0.493 e. The Hall–Kier alpha value is -1.52. The van der Waals surface area contributed by atoms with Crippen LogP contribution in [0.3, 0.4) is 0 Å². The van der Waals surface area contributed by atoms with Crippen molar-refractivity contribution in [3.05, 3.63) is 34.9 Å². The van der Waals surface area contributed by atoms with Crippen molar-refractivity contribution in [2.24, 2.45) is 0 Å². The number of rotatable bonds is 2. The van der Waals surface area contributed by atoms with Gasteiger partial charge in [0.05, 0.1) is 20.3 Å². The summed E-state index contributed by atoms with van der Waals surface area (Å²) < 4.78 is 10.9. The predicted molar refractivity (Wildman–Crippen MR) is 79.8 cm³/mol. The smallest absolute Gasteiger partial charge is 0.161 e. The molecule has 0 saturated carbocycles. The topological polar surface area (TPSA) is 41.9 Å². The molecule has 1 N–H and O–H groups in total. The molecule has 0 bridgehead atoms. The Labute approximate surface area is 125 Å². The third-order valence-electron chi connectivity index (χ3n) is 5.22. The number of benzene rings is 1. The summed E-state index contributed by atoms with van der Waals surface area (Å²) in [5.74, 6) is 1.69. The van der Waals surface area contributed by atoms with Gasteiger partial charge in [-0.15, -0.1) is 0 Å². The molecule has 3 atom stereocenters. The van der Waals surface area contributed by atoms with Crippen LogP contribution >= 0.6 is 0 Å². The molecule has 112 valence electrons. The van der Waals surface area contributed by atoms with Crippen LogP contribution in [0, 0.1) is 0 Å². The van der Waals surface area contributed by atoms with Crippen LogP contribution in [0.1, 0.15) is 29.9 Å². The maximum atomic E-state index is 10.6. The van der Waals surface area contributed by atoms with Crippen molar-refractivity contribution in [3.8, 4) is 11.5 Å². The second-order valence-corrected chi connectivity index (χ2v) is 6.18. The van der Waals surface area contributed by atoms with E-state index in [1.807, 2.05) is 0 Å². The van der Waals surface area contributed by atoms with Gasteiger partial charge in [-0.25, -0.2) is 0 Å². The molecule has 0 aromatic heterocycles. The van der Waals surface area contributed by atoms with Gasteiger partial charge < -0.3 is 14.6 Å². The van der Waals surface area contributed by atoms with Crippen molar-refractivity contribution in [3.63, 3.8) is 0 Å². The summed E-state index contributed by atoms with van der Waals surface area (Å²) in [5.41, 5.74) is 4.00. The van der Waals surface area contributed by atoms with E-state index in [-0.39, 0.29) is 12.0 Å². The number of fused-ring (bicyclic) bond motifs is 2. The first-order chi connectivity index (χ1) is 10.2. The van der Waals surface area contributed by atoms with Gasteiger partial charge in [0.2, 0.25) is 0 Å². The van der Waals surface area contributed by atoms with E-state index < -0.39 is 0 Å². The van der Waals surface area contributed by atoms with Crippen LogP contribution in [0.5, 0.6) is 11.5 Å². The number of nitrogens with zero attached hydrogens (tertiary/aromatic N) is 1. The minimum absolute atomic E-state index is 0.163. The Balaban J connectivity index is 1.86. The number of hydrogen-bond donors (Lipinski definition) is 1. The molecule has 0 radical (unpaired) electrons. The van der Waals surface area contributed by atoms with Crippen molar-refractivity contribution in [2.45, 2.75) is 37.5 Å². The molecule has 0 spiro atoms. The number of ether oxygens (including phenoxy) is 2. The molecular formula is C17H21NO3. The second-order valence-electron chi connectivity index (χ2n) is 6.18. The molecular weight excluding hydrogens is 266 g/mol. The number of aliphatic hydroxyl groups excluding tert-OH is 1. The van der Waals surface area contributed by atoms with Gasteiger partial charge in [-0.05, 0) is 36.1 Å². The quantitative estimate of drug-likeness (QED) is 0.846. The molecule has 1 saturated heterocycles. The minimum atomic E-state index is -0.309. The zero-order valence-corrected chi connectivity index (χ0v) is 12.5. The maximum Gasteiger partial charge on any atom is 0.161 e. The molecule has 0 amide bonds. The first kappa shape index (κ1) is 13.2. The van der Waals surface area contributed by atoms with Crippen molar-refractivity contribution in [1.82, 2.24) is 4.90 Å². The summed E-state index contributed by atoms with van der Waals surface area (Å²) in [6.07, 6.45) is 3.84. The van der Waals surface area contributed by atoms with Crippen LogP contribution in [0.4, 0.5) is 0 Å². The fraction of sp³-hybridized carbons (Fsp3) is 0.529. The lowest BCUT2D eigenvalue weighted by Crippen LogP contribution is -2.45. The summed E-state index contributed by atoms with van der Waals surface area (Å²) in [4.78, 5) is 2.49. The highest BCUT2D eigenvalue weighted by atomic mass is 16.5. The Kier molecular flexibility index (Phi) is 2.98. The van der Waals surface area contributed by atoms with E-state index in [1.54, 1.807) is 14.2 Å². The van der Waals surface area contributed by atoms with E-state index in [9.17, 15) is 5.11 Å². The summed E-state index contributed by atoms with van der Waals surface area (Å²) in [6.45, 7) is 2.02. The largest absolute Gasteiger partial charge is 0.493 e. The highest BCUT2D eigenvalue weighted by Crippen LogP contribution is 2.48. The number of aliphatic hydroxyl groups is 1. The third-order valence-corrected chi connectivity index (χ3v) is 5.22. The molecule has 3 aliphatic rings. The molecule has 1 aliphatic carbocycles. The van der Waals surface area contributed by atoms with E-state index >= 15 is 0 Å². The predicted octanol–water partition coefficient (Wildman–Crippen LogP) is 2.07. The summed E-state index contributed by atoms with van der Waals surface area (Å²) >= 11 is 0. The van der Waals surface area contributed by atoms with E-state index in [2.05, 4.69) is 23.1 Å². The molecule has 4 nitrogen and oxygen atoms in total. The molecule has 1 aromatic rings. The van der Waals surface area contributed by atoms with Crippen LogP contribution in [0.25, 0.3) is 0 Å². The van der Waals surface area contributed by atoms with Crippen molar-refractivity contribution in [2.75, 3.05) is 20.8 Å². The van der Waals surface area contributed by atoms with Gasteiger partial charge in [-0.2, -0.15) is 0 Å². The van der Waals surface area contributed by atoms with Gasteiger partial charge >= 0.3 is 0 Å². The lowest BCUT2D eigenvalue weighted by atomic mass is 9.74. The van der Waals surface area contributed by atoms with Gasteiger partial charge in [-0.3, -0.25) is 4.90 Å². The molecule has 1 aromatic carbocycles. The molecule has 4 rings (SSSR count). The van der Waals surface area contributed by atoms with Gasteiger partial charge in [0, 0.05) is 25.0 Å². The summed E-state index contributed by atoms with van der Waals surface area (Å²) in [7, 11) is 3.33. The Morgan fingerprint density at radius 3 is 2.71 bits per heavy atom. The molecule has 0 unspecified atom stereocenters. The van der Waals surface area contributed by atoms with Crippen LogP contribution in [-0.2, 0) is 6.54 Å². The van der Waals surface area contributed by atoms with Crippen molar-refractivity contribution in [1.29, 1.82) is 0 Å². The van der Waals surface area contributed by atoms with E-state index in [0.717, 1.165) is 37.4 Å².